The van der Waals surface area contributed by atoms with E-state index in [1.165, 1.54) is 18.2 Å². The second kappa shape index (κ2) is 8.97. The highest BCUT2D eigenvalue weighted by molar-refractivity contribution is 6.32. The maximum Gasteiger partial charge on any atom is 0.573 e. The third-order valence-corrected chi connectivity index (χ3v) is 4.87. The zero-order valence-corrected chi connectivity index (χ0v) is 17.5. The molecule has 3 aromatic rings. The molecule has 10 heteroatoms. The first-order valence-electron chi connectivity index (χ1n) is 9.48. The van der Waals surface area contributed by atoms with Gasteiger partial charge in [0.15, 0.2) is 0 Å². The number of anilines is 1. The van der Waals surface area contributed by atoms with Gasteiger partial charge in [0.05, 0.1) is 22.1 Å². The molecular weight excluding hydrogens is 433 g/mol. The Morgan fingerprint density at radius 3 is 2.61 bits per heavy atom. The first kappa shape index (κ1) is 22.6. The Balaban J connectivity index is 2.01. The summed E-state index contributed by atoms with van der Waals surface area (Å²) in [5, 5.41) is 3.76. The van der Waals surface area contributed by atoms with E-state index in [-0.39, 0.29) is 16.6 Å². The van der Waals surface area contributed by atoms with E-state index in [1.807, 2.05) is 6.92 Å². The van der Waals surface area contributed by atoms with Crippen LogP contribution in [-0.4, -0.2) is 22.2 Å². The van der Waals surface area contributed by atoms with Crippen LogP contribution in [0.5, 0.6) is 5.75 Å². The number of para-hydroxylation sites is 1. The van der Waals surface area contributed by atoms with Crippen LogP contribution in [-0.2, 0) is 0 Å². The average Bonchev–Trinajstić information content (AvgIpc) is 2.67. The number of hydrogen-bond acceptors (Lipinski definition) is 5. The standard InChI is InChI=1S/C21H20ClF3N4O2/c1-3-5-16(12-8-9-17(15(22)10-12)31-21(23,24)25)29-20-14-7-4-6-13(19(26)30)18(14)27-11(2)28-20/h4,6-10,16H,3,5H2,1-2H3,(H2,26,30)(H,27,28,29)/t16-/m1/s1. The van der Waals surface area contributed by atoms with Crippen LogP contribution in [0.3, 0.4) is 0 Å². The molecule has 0 saturated heterocycles. The molecule has 31 heavy (non-hydrogen) atoms. The number of carbonyl (C=O) groups is 1. The van der Waals surface area contributed by atoms with Gasteiger partial charge in [-0.05, 0) is 43.2 Å². The maximum atomic E-state index is 12.5. The highest BCUT2D eigenvalue weighted by Gasteiger charge is 2.32. The van der Waals surface area contributed by atoms with Crippen molar-refractivity contribution in [2.24, 2.45) is 5.73 Å². The Bertz CT molecular complexity index is 1120. The normalized spacial score (nSPS) is 12.6. The van der Waals surface area contributed by atoms with Crippen molar-refractivity contribution in [3.05, 3.63) is 58.4 Å². The fourth-order valence-electron chi connectivity index (χ4n) is 3.29. The number of aryl methyl sites for hydroxylation is 1. The molecule has 164 valence electrons. The second-order valence-corrected chi connectivity index (χ2v) is 7.32. The van der Waals surface area contributed by atoms with Crippen molar-refractivity contribution in [1.29, 1.82) is 0 Å². The van der Waals surface area contributed by atoms with E-state index in [4.69, 9.17) is 17.3 Å². The van der Waals surface area contributed by atoms with E-state index in [0.29, 0.717) is 34.5 Å². The van der Waals surface area contributed by atoms with Gasteiger partial charge in [0.1, 0.15) is 17.4 Å². The van der Waals surface area contributed by atoms with Gasteiger partial charge in [0.25, 0.3) is 5.91 Å². The molecule has 1 heterocycles. The Morgan fingerprint density at radius 1 is 1.26 bits per heavy atom. The monoisotopic (exact) mass is 452 g/mol. The lowest BCUT2D eigenvalue weighted by Gasteiger charge is -2.22. The van der Waals surface area contributed by atoms with E-state index in [1.54, 1.807) is 25.1 Å². The third-order valence-electron chi connectivity index (χ3n) is 4.58. The number of benzene rings is 2. The van der Waals surface area contributed by atoms with Crippen LogP contribution >= 0.6 is 11.6 Å². The number of nitrogens with zero attached hydrogens (tertiary/aromatic N) is 2. The molecule has 0 bridgehead atoms. The van der Waals surface area contributed by atoms with Crippen molar-refractivity contribution in [3.8, 4) is 5.75 Å². The van der Waals surface area contributed by atoms with Gasteiger partial charge >= 0.3 is 6.36 Å². The molecule has 0 spiro atoms. The molecule has 0 saturated carbocycles. The molecule has 2 aromatic carbocycles. The van der Waals surface area contributed by atoms with E-state index in [9.17, 15) is 18.0 Å². The van der Waals surface area contributed by atoms with E-state index < -0.39 is 18.0 Å². The fraction of sp³-hybridized carbons (Fsp3) is 0.286. The van der Waals surface area contributed by atoms with Crippen LogP contribution in [0.2, 0.25) is 5.02 Å². The van der Waals surface area contributed by atoms with Crippen molar-refractivity contribution >= 4 is 34.2 Å². The number of fused-ring (bicyclic) bond motifs is 1. The number of hydrogen-bond donors (Lipinski definition) is 2. The zero-order chi connectivity index (χ0) is 22.8. The molecule has 0 aliphatic carbocycles. The number of halogens is 4. The minimum atomic E-state index is -4.83. The van der Waals surface area contributed by atoms with E-state index in [0.717, 1.165) is 6.42 Å². The highest BCUT2D eigenvalue weighted by Crippen LogP contribution is 2.35. The molecule has 6 nitrogen and oxygen atoms in total. The zero-order valence-electron chi connectivity index (χ0n) is 16.8. The number of aromatic nitrogens is 2. The molecule has 0 radical (unpaired) electrons. The summed E-state index contributed by atoms with van der Waals surface area (Å²) in [6, 6.07) is 8.86. The van der Waals surface area contributed by atoms with Crippen LogP contribution in [0.15, 0.2) is 36.4 Å². The van der Waals surface area contributed by atoms with Gasteiger partial charge in [0.2, 0.25) is 0 Å². The maximum absolute atomic E-state index is 12.5. The first-order valence-corrected chi connectivity index (χ1v) is 9.85. The minimum absolute atomic E-state index is 0.155. The molecule has 1 atom stereocenters. The summed E-state index contributed by atoms with van der Waals surface area (Å²) in [4.78, 5) is 20.6. The summed E-state index contributed by atoms with van der Waals surface area (Å²) in [7, 11) is 0. The Kier molecular flexibility index (Phi) is 6.54. The topological polar surface area (TPSA) is 90.1 Å². The van der Waals surface area contributed by atoms with E-state index >= 15 is 0 Å². The molecule has 0 aliphatic heterocycles. The number of alkyl halides is 3. The summed E-state index contributed by atoms with van der Waals surface area (Å²) in [5.41, 5.74) is 6.83. The van der Waals surface area contributed by atoms with Crippen LogP contribution in [0.4, 0.5) is 19.0 Å². The number of nitrogens with one attached hydrogen (secondary N) is 1. The van der Waals surface area contributed by atoms with Gasteiger partial charge in [0, 0.05) is 5.39 Å². The summed E-state index contributed by atoms with van der Waals surface area (Å²) >= 11 is 6.03. The number of rotatable bonds is 7. The predicted molar refractivity (Wildman–Crippen MR) is 112 cm³/mol. The molecule has 0 aliphatic rings. The molecule has 0 fully saturated rings. The first-order chi connectivity index (χ1) is 14.6. The number of carbonyl (C=O) groups excluding carboxylic acids is 1. The lowest BCUT2D eigenvalue weighted by Crippen LogP contribution is -2.18. The summed E-state index contributed by atoms with van der Waals surface area (Å²) in [6.07, 6.45) is -3.40. The number of ether oxygens (including phenoxy) is 1. The van der Waals surface area contributed by atoms with E-state index in [2.05, 4.69) is 20.0 Å². The predicted octanol–water partition coefficient (Wildman–Crippen LogP) is 5.54. The summed E-state index contributed by atoms with van der Waals surface area (Å²) in [5.74, 6) is -0.156. The SMILES string of the molecule is CCC[C@@H](Nc1nc(C)nc2c(C(N)=O)cccc12)c1ccc(OC(F)(F)F)c(Cl)c1. The van der Waals surface area contributed by atoms with Gasteiger partial charge < -0.3 is 15.8 Å². The van der Waals surface area contributed by atoms with Gasteiger partial charge in [-0.15, -0.1) is 13.2 Å². The third kappa shape index (κ3) is 5.35. The average molecular weight is 453 g/mol. The van der Waals surface area contributed by atoms with Crippen molar-refractivity contribution in [2.45, 2.75) is 39.1 Å². The second-order valence-electron chi connectivity index (χ2n) is 6.91. The number of primary amides is 1. The molecule has 0 unspecified atom stereocenters. The van der Waals surface area contributed by atoms with Crippen LogP contribution in [0, 0.1) is 6.92 Å². The van der Waals surface area contributed by atoms with Crippen molar-refractivity contribution in [1.82, 2.24) is 9.97 Å². The number of amides is 1. The van der Waals surface area contributed by atoms with Crippen LogP contribution in [0.25, 0.3) is 10.9 Å². The Labute approximate surface area is 181 Å². The lowest BCUT2D eigenvalue weighted by atomic mass is 10.0. The smallest absolute Gasteiger partial charge is 0.404 e. The highest BCUT2D eigenvalue weighted by atomic mass is 35.5. The van der Waals surface area contributed by atoms with Crippen molar-refractivity contribution in [2.75, 3.05) is 5.32 Å². The molecule has 1 aromatic heterocycles. The van der Waals surface area contributed by atoms with Gasteiger partial charge in [-0.3, -0.25) is 4.79 Å². The van der Waals surface area contributed by atoms with Gasteiger partial charge in [-0.2, -0.15) is 0 Å². The largest absolute Gasteiger partial charge is 0.573 e. The molecule has 3 N–H and O–H groups in total. The molecule has 3 rings (SSSR count). The molecular formula is C21H20ClF3N4O2. The van der Waals surface area contributed by atoms with Crippen LogP contribution in [0.1, 0.15) is 47.6 Å². The van der Waals surface area contributed by atoms with Gasteiger partial charge in [-0.25, -0.2) is 9.97 Å². The quantitative estimate of drug-likeness (QED) is 0.491. The van der Waals surface area contributed by atoms with Gasteiger partial charge in [-0.1, -0.05) is 37.1 Å². The van der Waals surface area contributed by atoms with Crippen LogP contribution < -0.4 is 15.8 Å². The summed E-state index contributed by atoms with van der Waals surface area (Å²) in [6.45, 7) is 3.67. The summed E-state index contributed by atoms with van der Waals surface area (Å²) < 4.78 is 41.5. The molecule has 1 amide bonds. The van der Waals surface area contributed by atoms with Crippen molar-refractivity contribution < 1.29 is 22.7 Å². The van der Waals surface area contributed by atoms with Crippen molar-refractivity contribution in [3.63, 3.8) is 0 Å². The lowest BCUT2D eigenvalue weighted by molar-refractivity contribution is -0.274. The minimum Gasteiger partial charge on any atom is -0.404 e. The Morgan fingerprint density at radius 2 is 2.00 bits per heavy atom. The number of nitrogens with two attached hydrogens (primary N) is 1. The Hall–Kier alpha value is -3.07. The fourth-order valence-corrected chi connectivity index (χ4v) is 3.52.